The molecule has 2 aromatic rings. The van der Waals surface area contributed by atoms with Crippen LogP contribution in [0.4, 0.5) is 5.69 Å². The average Bonchev–Trinajstić information content (AvgIpc) is 2.79. The molecular weight excluding hydrogens is 364 g/mol. The van der Waals surface area contributed by atoms with Crippen LogP contribution in [0.15, 0.2) is 20.0 Å². The molecule has 0 N–H and O–H groups in total. The van der Waals surface area contributed by atoms with Crippen LogP contribution in [0.5, 0.6) is 0 Å². The van der Waals surface area contributed by atoms with Gasteiger partial charge in [0.05, 0.1) is 18.4 Å². The van der Waals surface area contributed by atoms with E-state index < -0.39 is 0 Å². The molecule has 3 heterocycles. The smallest absolute Gasteiger partial charge is 0.282 e. The van der Waals surface area contributed by atoms with Crippen molar-refractivity contribution in [2.75, 3.05) is 31.1 Å². The Labute approximate surface area is 142 Å². The maximum absolute atomic E-state index is 12.0. The lowest BCUT2D eigenvalue weighted by Crippen LogP contribution is -2.32. The zero-order valence-electron chi connectivity index (χ0n) is 13.2. The summed E-state index contributed by atoms with van der Waals surface area (Å²) in [5.41, 5.74) is 0.733. The number of hydrogen-bond donors (Lipinski definition) is 0. The predicted octanol–water partition coefficient (Wildman–Crippen LogP) is 0.947. The van der Waals surface area contributed by atoms with Crippen LogP contribution in [0, 0.1) is 6.92 Å². The first-order chi connectivity index (χ1) is 11.0. The first-order valence-corrected chi connectivity index (χ1v) is 8.32. The van der Waals surface area contributed by atoms with Crippen LogP contribution in [0.1, 0.15) is 18.1 Å². The molecule has 3 rings (SSSR count). The molecule has 1 aliphatic heterocycles. The van der Waals surface area contributed by atoms with E-state index in [0.29, 0.717) is 22.7 Å². The van der Waals surface area contributed by atoms with Gasteiger partial charge in [-0.15, -0.1) is 0 Å². The second-order valence-electron chi connectivity index (χ2n) is 5.62. The molecule has 0 aliphatic carbocycles. The first-order valence-electron chi connectivity index (χ1n) is 7.53. The van der Waals surface area contributed by atoms with Crippen LogP contribution < -0.4 is 10.5 Å². The Kier molecular flexibility index (Phi) is 4.76. The number of nitrogens with zero attached hydrogens (tertiary/aromatic N) is 6. The molecular formula is C14H19BrN6O2. The van der Waals surface area contributed by atoms with E-state index in [2.05, 4.69) is 41.0 Å². The van der Waals surface area contributed by atoms with Crippen molar-refractivity contribution in [1.82, 2.24) is 24.8 Å². The molecule has 1 saturated heterocycles. The van der Waals surface area contributed by atoms with Gasteiger partial charge in [-0.2, -0.15) is 10.1 Å². The summed E-state index contributed by atoms with van der Waals surface area (Å²) in [5, 5.41) is 8.07. The fourth-order valence-electron chi connectivity index (χ4n) is 2.70. The summed E-state index contributed by atoms with van der Waals surface area (Å²) >= 11 is 3.40. The minimum Gasteiger partial charge on any atom is -0.368 e. The van der Waals surface area contributed by atoms with Gasteiger partial charge in [0.1, 0.15) is 4.47 Å². The molecule has 0 bridgehead atoms. The zero-order chi connectivity index (χ0) is 16.4. The number of rotatable bonds is 3. The van der Waals surface area contributed by atoms with Crippen molar-refractivity contribution in [2.24, 2.45) is 7.05 Å². The van der Waals surface area contributed by atoms with Gasteiger partial charge in [-0.3, -0.25) is 9.69 Å². The summed E-state index contributed by atoms with van der Waals surface area (Å²) in [4.78, 5) is 20.8. The van der Waals surface area contributed by atoms with Crippen LogP contribution >= 0.6 is 15.9 Å². The molecule has 1 fully saturated rings. The molecule has 0 radical (unpaired) electrons. The molecule has 0 atom stereocenters. The summed E-state index contributed by atoms with van der Waals surface area (Å²) in [7, 11) is 1.65. The van der Waals surface area contributed by atoms with E-state index in [9.17, 15) is 4.79 Å². The second-order valence-corrected chi connectivity index (χ2v) is 6.41. The van der Waals surface area contributed by atoms with Crippen molar-refractivity contribution in [2.45, 2.75) is 19.9 Å². The highest BCUT2D eigenvalue weighted by Crippen LogP contribution is 2.22. The van der Waals surface area contributed by atoms with Crippen molar-refractivity contribution in [3.8, 4) is 0 Å². The predicted molar refractivity (Wildman–Crippen MR) is 88.3 cm³/mol. The molecule has 2 aromatic heterocycles. The molecule has 0 saturated carbocycles. The van der Waals surface area contributed by atoms with E-state index in [4.69, 9.17) is 4.52 Å². The Morgan fingerprint density at radius 1 is 1.30 bits per heavy atom. The van der Waals surface area contributed by atoms with Gasteiger partial charge in [0.25, 0.3) is 5.56 Å². The topological polar surface area (TPSA) is 80.3 Å². The quantitative estimate of drug-likeness (QED) is 0.781. The lowest BCUT2D eigenvalue weighted by Gasteiger charge is -2.23. The summed E-state index contributed by atoms with van der Waals surface area (Å²) in [6.45, 7) is 6.01. The van der Waals surface area contributed by atoms with E-state index in [-0.39, 0.29) is 5.56 Å². The van der Waals surface area contributed by atoms with E-state index in [1.54, 1.807) is 20.2 Å². The Balaban J connectivity index is 1.69. The largest absolute Gasteiger partial charge is 0.368 e. The molecule has 0 spiro atoms. The molecule has 0 unspecified atom stereocenters. The Morgan fingerprint density at radius 3 is 2.87 bits per heavy atom. The van der Waals surface area contributed by atoms with E-state index >= 15 is 0 Å². The summed E-state index contributed by atoms with van der Waals surface area (Å²) in [6, 6.07) is 0. The molecule has 9 heteroatoms. The lowest BCUT2D eigenvalue weighted by atomic mass is 10.3. The van der Waals surface area contributed by atoms with Gasteiger partial charge >= 0.3 is 0 Å². The first kappa shape index (κ1) is 16.1. The van der Waals surface area contributed by atoms with E-state index in [1.807, 2.05) is 0 Å². The van der Waals surface area contributed by atoms with Gasteiger partial charge in [-0.25, -0.2) is 4.68 Å². The third kappa shape index (κ3) is 3.61. The highest BCUT2D eigenvalue weighted by atomic mass is 79.9. The lowest BCUT2D eigenvalue weighted by molar-refractivity contribution is 0.272. The van der Waals surface area contributed by atoms with Crippen LogP contribution in [-0.4, -0.2) is 51.0 Å². The Hall–Kier alpha value is -1.74. The summed E-state index contributed by atoms with van der Waals surface area (Å²) in [6.07, 6.45) is 2.74. The van der Waals surface area contributed by atoms with Crippen molar-refractivity contribution in [3.63, 3.8) is 0 Å². The maximum atomic E-state index is 12.0. The summed E-state index contributed by atoms with van der Waals surface area (Å²) < 4.78 is 6.91. The number of halogens is 1. The molecule has 23 heavy (non-hydrogen) atoms. The Morgan fingerprint density at radius 2 is 2.13 bits per heavy atom. The minimum absolute atomic E-state index is 0.120. The maximum Gasteiger partial charge on any atom is 0.282 e. The number of hydrogen-bond acceptors (Lipinski definition) is 7. The van der Waals surface area contributed by atoms with Crippen molar-refractivity contribution >= 4 is 21.6 Å². The highest BCUT2D eigenvalue weighted by Gasteiger charge is 2.20. The number of aromatic nitrogens is 4. The van der Waals surface area contributed by atoms with Crippen molar-refractivity contribution in [3.05, 3.63) is 32.7 Å². The zero-order valence-corrected chi connectivity index (χ0v) is 14.8. The number of anilines is 1. The van der Waals surface area contributed by atoms with Crippen LogP contribution in [0.2, 0.25) is 0 Å². The third-order valence-corrected chi connectivity index (χ3v) is 4.67. The van der Waals surface area contributed by atoms with Gasteiger partial charge in [-0.1, -0.05) is 5.16 Å². The SMILES string of the molecule is Cc1nc(CN2CCCN(c3cnn(C)c(=O)c3Br)CC2)no1. The monoisotopic (exact) mass is 382 g/mol. The average molecular weight is 383 g/mol. The normalized spacial score (nSPS) is 16.6. The minimum atomic E-state index is -0.120. The standard InChI is InChI=1S/C14H19BrN6O2/c1-10-17-12(18-23-10)9-20-4-3-5-21(7-6-20)11-8-16-19(2)14(22)13(11)15/h8H,3-7,9H2,1-2H3. The van der Waals surface area contributed by atoms with Gasteiger partial charge in [0, 0.05) is 40.2 Å². The highest BCUT2D eigenvalue weighted by molar-refractivity contribution is 9.10. The van der Waals surface area contributed by atoms with Crippen molar-refractivity contribution < 1.29 is 4.52 Å². The van der Waals surface area contributed by atoms with Crippen LogP contribution in [0.25, 0.3) is 0 Å². The summed E-state index contributed by atoms with van der Waals surface area (Å²) in [5.74, 6) is 1.30. The van der Waals surface area contributed by atoms with Gasteiger partial charge in [0.2, 0.25) is 5.89 Å². The van der Waals surface area contributed by atoms with E-state index in [0.717, 1.165) is 38.3 Å². The van der Waals surface area contributed by atoms with Crippen molar-refractivity contribution in [1.29, 1.82) is 0 Å². The van der Waals surface area contributed by atoms with E-state index in [1.165, 1.54) is 4.68 Å². The van der Waals surface area contributed by atoms with Gasteiger partial charge < -0.3 is 9.42 Å². The molecule has 0 amide bonds. The fraction of sp³-hybridized carbons (Fsp3) is 0.571. The van der Waals surface area contributed by atoms with Crippen LogP contribution in [-0.2, 0) is 13.6 Å². The van der Waals surface area contributed by atoms with Crippen LogP contribution in [0.3, 0.4) is 0 Å². The third-order valence-electron chi connectivity index (χ3n) is 3.92. The Bertz CT molecular complexity index is 743. The molecule has 124 valence electrons. The fourth-order valence-corrected chi connectivity index (χ4v) is 3.31. The number of aryl methyl sites for hydroxylation is 2. The second kappa shape index (κ2) is 6.79. The van der Waals surface area contributed by atoms with Gasteiger partial charge in [0.15, 0.2) is 5.82 Å². The van der Waals surface area contributed by atoms with Gasteiger partial charge in [-0.05, 0) is 22.4 Å². The molecule has 0 aromatic carbocycles. The molecule has 1 aliphatic rings. The molecule has 8 nitrogen and oxygen atoms in total.